The van der Waals surface area contributed by atoms with E-state index in [1.807, 2.05) is 0 Å². The van der Waals surface area contributed by atoms with E-state index in [9.17, 15) is 79.4 Å². The van der Waals surface area contributed by atoms with E-state index in [1.54, 1.807) is 4.74 Å². The minimum absolute atomic E-state index is 0.600. The van der Waals surface area contributed by atoms with Gasteiger partial charge in [0.2, 0.25) is 0 Å². The van der Waals surface area contributed by atoms with Crippen molar-refractivity contribution in [3.8, 4) is 0 Å². The second-order valence-corrected chi connectivity index (χ2v) is 5.91. The monoisotopic (exact) mass is 551 g/mol. The lowest BCUT2D eigenvalue weighted by Gasteiger charge is -2.39. The van der Waals surface area contributed by atoms with Gasteiger partial charge in [-0.3, -0.25) is 9.47 Å². The Kier molecular flexibility index (Phi) is 8.27. The third-order valence-corrected chi connectivity index (χ3v) is 2.94. The molecule has 0 spiro atoms. The van der Waals surface area contributed by atoms with Gasteiger partial charge in [-0.2, -0.15) is 74.6 Å². The zero-order chi connectivity index (χ0) is 28.0. The van der Waals surface area contributed by atoms with Gasteiger partial charge >= 0.3 is 54.3 Å². The highest BCUT2D eigenvalue weighted by atomic mass is 19.4. The molecule has 0 rings (SSSR count). The number of alkyl halides is 17. The molecule has 34 heavy (non-hydrogen) atoms. The molecule has 0 aliphatic carbocycles. The molecule has 202 valence electrons. The fraction of sp³-hybridized carbons (Fsp3) is 0.833. The summed E-state index contributed by atoms with van der Waals surface area (Å²) in [6.45, 7) is 1.56. The van der Waals surface area contributed by atoms with E-state index < -0.39 is 60.1 Å². The Bertz CT molecular complexity index is 781. The molecule has 0 bridgehead atoms. The van der Waals surface area contributed by atoms with Crippen molar-refractivity contribution >= 4 is 11.7 Å². The quantitative estimate of drug-likeness (QED) is 0.166. The number of rotatable bonds is 8. The fourth-order valence-electron chi connectivity index (χ4n) is 1.34. The number of oxime groups is 1. The highest BCUT2D eigenvalue weighted by Crippen LogP contribution is 2.56. The van der Waals surface area contributed by atoms with E-state index >= 15 is 0 Å². The molecule has 0 aromatic carbocycles. The summed E-state index contributed by atoms with van der Waals surface area (Å²) in [5, 5.41) is 2.27. The molecule has 2 unspecified atom stereocenters. The van der Waals surface area contributed by atoms with Gasteiger partial charge in [-0.05, 0) is 13.8 Å². The van der Waals surface area contributed by atoms with Crippen LogP contribution < -0.4 is 0 Å². The molecule has 22 heteroatoms. The summed E-state index contributed by atoms with van der Waals surface area (Å²) in [4.78, 5) is 14.2. The molecule has 0 fully saturated rings. The third-order valence-electron chi connectivity index (χ3n) is 2.94. The van der Waals surface area contributed by atoms with Crippen molar-refractivity contribution in [1.29, 1.82) is 0 Å². The van der Waals surface area contributed by atoms with Crippen molar-refractivity contribution in [3.63, 3.8) is 0 Å². The molecule has 0 heterocycles. The Morgan fingerprint density at radius 2 is 1.00 bits per heavy atom. The Hall–Kier alpha value is -2.13. The van der Waals surface area contributed by atoms with Gasteiger partial charge in [-0.25, -0.2) is 4.79 Å². The van der Waals surface area contributed by atoms with Crippen molar-refractivity contribution in [3.05, 3.63) is 0 Å². The van der Waals surface area contributed by atoms with Gasteiger partial charge in [-0.1, -0.05) is 5.16 Å². The van der Waals surface area contributed by atoms with Crippen molar-refractivity contribution in [1.82, 2.24) is 0 Å². The Labute approximate surface area is 174 Å². The SMILES string of the molecule is CC(C)=NOC(=O)C(F)(OC(F)(F)C(F)(OC(F)(F)C(F)(F)C(F)(F)F)C(F)(F)F)C(F)(F)F. The van der Waals surface area contributed by atoms with Gasteiger partial charge in [0, 0.05) is 0 Å². The molecule has 5 nitrogen and oxygen atoms in total. The zero-order valence-electron chi connectivity index (χ0n) is 15.5. The molecule has 0 radical (unpaired) electrons. The summed E-state index contributed by atoms with van der Waals surface area (Å²) in [5.41, 5.74) is -0.600. The molecule has 0 saturated heterocycles. The first-order chi connectivity index (χ1) is 14.5. The van der Waals surface area contributed by atoms with Crippen LogP contribution in [-0.2, 0) is 19.1 Å². The van der Waals surface area contributed by atoms with Gasteiger partial charge in [0.1, 0.15) is 0 Å². The third kappa shape index (κ3) is 5.74. The number of carbonyl (C=O) groups is 1. The van der Waals surface area contributed by atoms with Crippen LogP contribution in [0.15, 0.2) is 5.16 Å². The molecule has 0 saturated carbocycles. The highest BCUT2D eigenvalue weighted by molar-refractivity contribution is 5.82. The maximum Gasteiger partial charge on any atom is 0.462 e. The lowest BCUT2D eigenvalue weighted by atomic mass is 10.2. The van der Waals surface area contributed by atoms with Gasteiger partial charge in [0.15, 0.2) is 0 Å². The summed E-state index contributed by atoms with van der Waals surface area (Å²) in [6, 6.07) is 0. The highest BCUT2D eigenvalue weighted by Gasteiger charge is 2.85. The van der Waals surface area contributed by atoms with Gasteiger partial charge in [-0.15, -0.1) is 0 Å². The van der Waals surface area contributed by atoms with E-state index in [0.29, 0.717) is 0 Å². The average molecular weight is 551 g/mol. The van der Waals surface area contributed by atoms with Gasteiger partial charge in [0.25, 0.3) is 0 Å². The van der Waals surface area contributed by atoms with Crippen LogP contribution in [0.25, 0.3) is 0 Å². The molecule has 2 atom stereocenters. The number of ether oxygens (including phenoxy) is 2. The van der Waals surface area contributed by atoms with Crippen LogP contribution in [0.4, 0.5) is 74.6 Å². The van der Waals surface area contributed by atoms with Crippen molar-refractivity contribution < 1.29 is 93.7 Å². The Morgan fingerprint density at radius 3 is 1.29 bits per heavy atom. The predicted molar refractivity (Wildman–Crippen MR) is 67.7 cm³/mol. The molecule has 0 aliphatic heterocycles. The number of hydrogen-bond acceptors (Lipinski definition) is 5. The maximum absolute atomic E-state index is 13.9. The van der Waals surface area contributed by atoms with Crippen LogP contribution in [0.5, 0.6) is 0 Å². The largest absolute Gasteiger partial charge is 0.462 e. The van der Waals surface area contributed by atoms with Crippen molar-refractivity contribution in [2.45, 2.75) is 62.2 Å². The summed E-state index contributed by atoms with van der Waals surface area (Å²) >= 11 is 0. The van der Waals surface area contributed by atoms with E-state index in [4.69, 9.17) is 0 Å². The van der Waals surface area contributed by atoms with Gasteiger partial charge in [0.05, 0.1) is 5.71 Å². The number of nitrogens with zero attached hydrogens (tertiary/aromatic N) is 1. The topological polar surface area (TPSA) is 57.1 Å². The van der Waals surface area contributed by atoms with E-state index in [0.717, 1.165) is 13.8 Å². The van der Waals surface area contributed by atoms with Crippen molar-refractivity contribution in [2.24, 2.45) is 5.16 Å². The van der Waals surface area contributed by atoms with Crippen LogP contribution in [0.1, 0.15) is 13.8 Å². The van der Waals surface area contributed by atoms with Crippen molar-refractivity contribution in [2.75, 3.05) is 0 Å². The normalized spacial score (nSPS) is 18.1. The Morgan fingerprint density at radius 1 is 0.588 bits per heavy atom. The van der Waals surface area contributed by atoms with Crippen LogP contribution >= 0.6 is 0 Å². The zero-order valence-corrected chi connectivity index (χ0v) is 15.5. The standard InChI is InChI=1S/C12H6F17NO4/c1-3(2)30-32-4(31)5(13,8(17,18)19)33-12(28,29)7(16,10(23,24)25)34-11(26,27)6(14,15)9(20,21)22/h1-2H3. The molecule has 0 aromatic rings. The van der Waals surface area contributed by atoms with Crippen LogP contribution in [0.3, 0.4) is 0 Å². The first kappa shape index (κ1) is 31.9. The number of halogens is 17. The molecule has 0 amide bonds. The second kappa shape index (κ2) is 8.82. The summed E-state index contributed by atoms with van der Waals surface area (Å²) in [7, 11) is 0. The molecular weight excluding hydrogens is 545 g/mol. The molecule has 0 aromatic heterocycles. The summed E-state index contributed by atoms with van der Waals surface area (Å²) < 4.78 is 222. The van der Waals surface area contributed by atoms with E-state index in [2.05, 4.69) is 9.99 Å². The average Bonchev–Trinajstić information content (AvgIpc) is 2.55. The Balaban J connectivity index is 6.75. The first-order valence-electron chi connectivity index (χ1n) is 7.34. The smallest absolute Gasteiger partial charge is 0.311 e. The minimum Gasteiger partial charge on any atom is -0.311 e. The lowest BCUT2D eigenvalue weighted by Crippen LogP contribution is -2.68. The number of carbonyl (C=O) groups excluding carboxylic acids is 1. The van der Waals surface area contributed by atoms with Crippen LogP contribution in [-0.4, -0.2) is 60.1 Å². The fourth-order valence-corrected chi connectivity index (χ4v) is 1.34. The number of hydrogen-bond donors (Lipinski definition) is 0. The predicted octanol–water partition coefficient (Wildman–Crippen LogP) is 5.80. The maximum atomic E-state index is 13.9. The molecule has 0 aliphatic rings. The summed E-state index contributed by atoms with van der Waals surface area (Å²) in [6.07, 6.45) is -38.7. The van der Waals surface area contributed by atoms with Gasteiger partial charge < -0.3 is 4.84 Å². The van der Waals surface area contributed by atoms with E-state index in [-0.39, 0.29) is 0 Å². The summed E-state index contributed by atoms with van der Waals surface area (Å²) in [5.74, 6) is -26.7. The minimum atomic E-state index is -8.08. The molecular formula is C12H6F17NO4. The first-order valence-corrected chi connectivity index (χ1v) is 7.34. The lowest BCUT2D eigenvalue weighted by molar-refractivity contribution is -0.548. The van der Waals surface area contributed by atoms with E-state index in [1.165, 1.54) is 4.74 Å². The van der Waals surface area contributed by atoms with Crippen LogP contribution in [0.2, 0.25) is 0 Å². The molecule has 0 N–H and O–H groups in total. The van der Waals surface area contributed by atoms with Crippen LogP contribution in [0, 0.1) is 0 Å². The second-order valence-electron chi connectivity index (χ2n) is 5.91.